The first-order valence-electron chi connectivity index (χ1n) is 24.2. The van der Waals surface area contributed by atoms with E-state index in [1.54, 1.807) is 0 Å². The molecule has 0 aliphatic rings. The molecule has 0 saturated carbocycles. The third-order valence-electron chi connectivity index (χ3n) is 18.8. The molecule has 0 fully saturated rings. The summed E-state index contributed by atoms with van der Waals surface area (Å²) >= 11 is 0. The lowest BCUT2D eigenvalue weighted by atomic mass is 9.56. The van der Waals surface area contributed by atoms with E-state index >= 15 is 0 Å². The summed E-state index contributed by atoms with van der Waals surface area (Å²) in [6, 6.07) is 0. The minimum Gasteiger partial charge on any atom is -0.457 e. The minimum atomic E-state index is 1.03. The molecule has 0 bridgehead atoms. The number of hydrogen-bond acceptors (Lipinski definition) is 1. The summed E-state index contributed by atoms with van der Waals surface area (Å²) in [7, 11) is 56.6. The molecule has 0 saturated heterocycles. The fourth-order valence-corrected chi connectivity index (χ4v) is 13.2. The smallest absolute Gasteiger partial charge is 0.145 e. The summed E-state index contributed by atoms with van der Waals surface area (Å²) in [5, 5.41) is 13.7. The summed E-state index contributed by atoms with van der Waals surface area (Å²) in [6.07, 6.45) is 0. The molecular weight excluding hydrogens is 756 g/mol. The molecule has 8 aromatic carbocycles. The Bertz CT molecular complexity index is 3730. The molecule has 0 aliphatic carbocycles. The van der Waals surface area contributed by atoms with Crippen molar-refractivity contribution in [2.75, 3.05) is 0 Å². The first-order chi connectivity index (χ1) is 30.3. The molecule has 0 aliphatic heterocycles. The number of furan rings is 1. The Balaban J connectivity index is 1.62. The van der Waals surface area contributed by atoms with Crippen LogP contribution in [0.15, 0.2) is 4.42 Å². The quantitative estimate of drug-likeness (QED) is 0.125. The summed E-state index contributed by atoms with van der Waals surface area (Å²) in [4.78, 5) is 0. The minimum absolute atomic E-state index is 1.03. The van der Waals surface area contributed by atoms with E-state index < -0.39 is 0 Å². The van der Waals surface area contributed by atoms with E-state index in [0.29, 0.717) is 0 Å². The van der Waals surface area contributed by atoms with Gasteiger partial charge in [-0.2, -0.15) is 0 Å². The van der Waals surface area contributed by atoms with Crippen molar-refractivity contribution in [3.63, 3.8) is 0 Å². The highest BCUT2D eigenvalue weighted by Crippen LogP contribution is 2.41. The van der Waals surface area contributed by atoms with Crippen LogP contribution in [0.2, 0.25) is 0 Å². The second kappa shape index (κ2) is 15.3. The predicted octanol–water partition coefficient (Wildman–Crippen LogP) is -30.3. The third-order valence-corrected chi connectivity index (χ3v) is 18.8. The first-order valence-corrected chi connectivity index (χ1v) is 24.2. The van der Waals surface area contributed by atoms with Crippen molar-refractivity contribution in [3.8, 4) is 22.3 Å². The van der Waals surface area contributed by atoms with Crippen LogP contribution in [0.5, 0.6) is 0 Å². The van der Waals surface area contributed by atoms with Crippen LogP contribution in [0.1, 0.15) is 0 Å². The van der Waals surface area contributed by atoms with Gasteiger partial charge in [-0.25, -0.2) is 0 Å². The molecule has 0 N–H and O–H groups in total. The summed E-state index contributed by atoms with van der Waals surface area (Å²) in [6.45, 7) is 0. The van der Waals surface area contributed by atoms with Gasteiger partial charge in [0.2, 0.25) is 0 Å². The lowest BCUT2D eigenvalue weighted by Gasteiger charge is -2.32. The highest BCUT2D eigenvalue weighted by atomic mass is 16.3. The lowest BCUT2D eigenvalue weighted by Crippen LogP contribution is -2.53. The van der Waals surface area contributed by atoms with E-state index in [0.717, 1.165) is 11.2 Å². The maximum Gasteiger partial charge on any atom is 0.145 e. The van der Waals surface area contributed by atoms with E-state index in [1.807, 2.05) is 0 Å². The molecule has 0 radical (unpaired) electrons. The molecule has 65 heavy (non-hydrogen) atoms. The SMILES string of the molecule is Bc1c(B)c(B)c2c(-c3c4c(B)c(B)c(B)c(B)c4c(-c4c(B)c(B)c5c(oc6c(B)c7c(B)c(B)c(B)c(B)c7c(B)c65)c4B)c4c(B)c(B)c(B)c(B)c34)c(B)c(B)c(B)c2c1B. The first kappa shape index (κ1) is 46.3. The molecular formula is C40H48B24O. The molecule has 25 heteroatoms. The van der Waals surface area contributed by atoms with Crippen LogP contribution in [-0.2, 0) is 0 Å². The molecule has 1 nitrogen and oxygen atoms in total. The second-order valence-electron chi connectivity index (χ2n) is 21.0. The van der Waals surface area contributed by atoms with Crippen molar-refractivity contribution < 1.29 is 4.42 Å². The Morgan fingerprint density at radius 2 is 0.354 bits per heavy atom. The second-order valence-corrected chi connectivity index (χ2v) is 21.0. The van der Waals surface area contributed by atoms with Crippen LogP contribution in [0.3, 0.4) is 0 Å². The molecule has 0 atom stereocenters. The van der Waals surface area contributed by atoms with Gasteiger partial charge in [-0.1, -0.05) is 71.0 Å². The van der Waals surface area contributed by atoms with E-state index in [1.165, 1.54) is 207 Å². The maximum absolute atomic E-state index is 7.41. The van der Waals surface area contributed by atoms with Crippen molar-refractivity contribution in [2.45, 2.75) is 0 Å². The fourth-order valence-electron chi connectivity index (χ4n) is 13.2. The molecule has 1 aromatic heterocycles. The zero-order valence-corrected chi connectivity index (χ0v) is 44.4. The third kappa shape index (κ3) is 5.75. The Hall–Kier alpha value is -3.84. The standard InChI is InChI=1S/C40H48B24O/c41-15-11-12(26(52)38(64)37(63)25(11)51)29(55)39-13(15)14-27(53)22(48)9(28(54)40(14)65-39)2-6-3(17(43)31(57)33(59)19(6)45)1(4-7(2)20(46)34(60)32(58)18(4)44)5-8-10(23(49)30(56)16(5)42)24(50)36(62)35(61)21(8)47/h41-64H2. The lowest BCUT2D eigenvalue weighted by molar-refractivity contribution is 0.675. The molecule has 0 spiro atoms. The average Bonchev–Trinajstić information content (AvgIpc) is 3.69. The number of fused-ring (bicyclic) bond motifs is 7. The number of rotatable bonds is 2. The molecule has 0 amide bonds. The zero-order chi connectivity index (χ0) is 47.8. The van der Waals surface area contributed by atoms with Crippen molar-refractivity contribution in [2.24, 2.45) is 0 Å². The summed E-state index contributed by atoms with van der Waals surface area (Å²) in [5.74, 6) is 0. The maximum atomic E-state index is 7.41. The Kier molecular flexibility index (Phi) is 10.9. The Morgan fingerprint density at radius 3 is 0.723 bits per heavy atom. The van der Waals surface area contributed by atoms with Gasteiger partial charge in [0.15, 0.2) is 0 Å². The zero-order valence-electron chi connectivity index (χ0n) is 44.4. The molecule has 1 heterocycles. The van der Waals surface area contributed by atoms with Crippen LogP contribution in [0.25, 0.3) is 87.3 Å². The fraction of sp³-hybridized carbons (Fsp3) is 0. The van der Waals surface area contributed by atoms with Gasteiger partial charge in [-0.15, -0.1) is 49.2 Å². The van der Waals surface area contributed by atoms with Gasteiger partial charge in [0.05, 0.1) is 0 Å². The molecule has 0 unspecified atom stereocenters. The van der Waals surface area contributed by atoms with Crippen molar-refractivity contribution >= 4 is 384 Å². The highest BCUT2D eigenvalue weighted by Gasteiger charge is 2.31. The van der Waals surface area contributed by atoms with Crippen molar-refractivity contribution in [1.82, 2.24) is 0 Å². The molecule has 9 rings (SSSR count). The van der Waals surface area contributed by atoms with Gasteiger partial charge in [-0.05, 0) is 76.3 Å². The van der Waals surface area contributed by atoms with Crippen molar-refractivity contribution in [1.29, 1.82) is 0 Å². The van der Waals surface area contributed by atoms with E-state index in [2.05, 4.69) is 188 Å². The van der Waals surface area contributed by atoms with Gasteiger partial charge in [0, 0.05) is 10.8 Å². The van der Waals surface area contributed by atoms with E-state index in [9.17, 15) is 0 Å². The average molecular weight is 804 g/mol. The van der Waals surface area contributed by atoms with Crippen LogP contribution in [0, 0.1) is 0 Å². The van der Waals surface area contributed by atoms with Gasteiger partial charge >= 0.3 is 0 Å². The van der Waals surface area contributed by atoms with Crippen molar-refractivity contribution in [3.05, 3.63) is 0 Å². The van der Waals surface area contributed by atoms with Crippen LogP contribution in [0.4, 0.5) is 0 Å². The summed E-state index contributed by atoms with van der Waals surface area (Å²) < 4.78 is 7.41. The van der Waals surface area contributed by atoms with Gasteiger partial charge < -0.3 is 4.42 Å². The van der Waals surface area contributed by atoms with Gasteiger partial charge in [0.1, 0.15) is 199 Å². The topological polar surface area (TPSA) is 13.1 Å². The number of hydrogen-bond donors (Lipinski definition) is 0. The summed E-state index contributed by atoms with van der Waals surface area (Å²) in [5.41, 5.74) is 40.4. The van der Waals surface area contributed by atoms with Crippen LogP contribution >= 0.6 is 0 Å². The number of benzene rings is 8. The van der Waals surface area contributed by atoms with Gasteiger partial charge in [-0.3, -0.25) is 0 Å². The predicted molar refractivity (Wildman–Crippen MR) is 371 cm³/mol. The van der Waals surface area contributed by atoms with E-state index in [-0.39, 0.29) is 0 Å². The normalized spacial score (nSPS) is 11.9. The van der Waals surface area contributed by atoms with Gasteiger partial charge in [0.25, 0.3) is 0 Å². The Labute approximate surface area is 408 Å². The van der Waals surface area contributed by atoms with E-state index in [4.69, 9.17) is 4.42 Å². The highest BCUT2D eigenvalue weighted by molar-refractivity contribution is 6.77. The largest absolute Gasteiger partial charge is 0.457 e. The van der Waals surface area contributed by atoms with Crippen LogP contribution in [-0.4, -0.2) is 188 Å². The Morgan fingerprint density at radius 1 is 0.138 bits per heavy atom. The monoisotopic (exact) mass is 809 g/mol. The van der Waals surface area contributed by atoms with Crippen LogP contribution < -0.4 is 131 Å². The molecule has 9 aromatic rings. The molecule has 286 valence electrons.